The molecule has 2 heterocycles. The number of benzene rings is 1. The van der Waals surface area contributed by atoms with Gasteiger partial charge in [-0.15, -0.1) is 0 Å². The quantitative estimate of drug-likeness (QED) is 0.593. The number of nitrogens with zero attached hydrogens (tertiary/aromatic N) is 2. The molecule has 1 fully saturated rings. The Morgan fingerprint density at radius 3 is 2.54 bits per heavy atom. The van der Waals surface area contributed by atoms with E-state index in [9.17, 15) is 14.4 Å². The minimum absolute atomic E-state index is 0.142. The predicted molar refractivity (Wildman–Crippen MR) is 105 cm³/mol. The molecule has 0 unspecified atom stereocenters. The molecular weight excluding hydrogens is 360 g/mol. The second-order valence-corrected chi connectivity index (χ2v) is 6.64. The van der Waals surface area contributed by atoms with Gasteiger partial charge in [-0.2, -0.15) is 0 Å². The number of rotatable bonds is 6. The van der Waals surface area contributed by atoms with E-state index in [0.717, 1.165) is 10.5 Å². The average molecular weight is 382 g/mol. The van der Waals surface area contributed by atoms with E-state index >= 15 is 0 Å². The largest absolute Gasteiger partial charge is 0.497 e. The van der Waals surface area contributed by atoms with E-state index in [1.165, 1.54) is 0 Å². The Morgan fingerprint density at radius 2 is 1.93 bits per heavy atom. The molecule has 2 aromatic rings. The van der Waals surface area contributed by atoms with Crippen LogP contribution in [0.1, 0.15) is 25.5 Å². The molecule has 0 spiro atoms. The van der Waals surface area contributed by atoms with Crippen molar-refractivity contribution in [2.75, 3.05) is 19.0 Å². The first-order valence-electron chi connectivity index (χ1n) is 8.83. The minimum Gasteiger partial charge on any atom is -0.497 e. The fourth-order valence-electron chi connectivity index (χ4n) is 2.74. The second-order valence-electron chi connectivity index (χ2n) is 6.64. The first-order valence-corrected chi connectivity index (χ1v) is 8.83. The zero-order valence-electron chi connectivity index (χ0n) is 15.9. The average Bonchev–Trinajstić information content (AvgIpc) is 3.23. The van der Waals surface area contributed by atoms with Crippen LogP contribution in [0.2, 0.25) is 0 Å². The Bertz CT molecular complexity index is 928. The number of amides is 4. The molecule has 1 aromatic carbocycles. The zero-order valence-corrected chi connectivity index (χ0v) is 15.9. The number of methoxy groups -OCH3 is 1. The van der Waals surface area contributed by atoms with Crippen LogP contribution < -0.4 is 15.4 Å². The van der Waals surface area contributed by atoms with Gasteiger partial charge >= 0.3 is 6.03 Å². The van der Waals surface area contributed by atoms with Crippen LogP contribution in [0.15, 0.2) is 48.4 Å². The normalized spacial score (nSPS) is 15.3. The van der Waals surface area contributed by atoms with Crippen LogP contribution in [0, 0.1) is 0 Å². The highest BCUT2D eigenvalue weighted by atomic mass is 16.5. The maximum atomic E-state index is 12.5. The van der Waals surface area contributed by atoms with E-state index in [1.807, 2.05) is 36.9 Å². The molecule has 8 heteroatoms. The fourth-order valence-corrected chi connectivity index (χ4v) is 2.74. The summed E-state index contributed by atoms with van der Waals surface area (Å²) in [7, 11) is 1.55. The van der Waals surface area contributed by atoms with Gasteiger partial charge in [0, 0.05) is 24.1 Å². The number of imide groups is 1. The maximum Gasteiger partial charge on any atom is 0.329 e. The van der Waals surface area contributed by atoms with Gasteiger partial charge in [-0.1, -0.05) is 0 Å². The smallest absolute Gasteiger partial charge is 0.329 e. The van der Waals surface area contributed by atoms with Gasteiger partial charge in [0.2, 0.25) is 5.91 Å². The summed E-state index contributed by atoms with van der Waals surface area (Å²) in [5.41, 5.74) is 1.48. The molecular formula is C20H22N4O4. The van der Waals surface area contributed by atoms with Crippen LogP contribution >= 0.6 is 0 Å². The van der Waals surface area contributed by atoms with Crippen molar-refractivity contribution >= 4 is 29.6 Å². The Hall–Kier alpha value is -3.55. The summed E-state index contributed by atoms with van der Waals surface area (Å²) in [5, 5.41) is 5.17. The van der Waals surface area contributed by atoms with Crippen LogP contribution in [0.25, 0.3) is 6.08 Å². The lowest BCUT2D eigenvalue weighted by Gasteiger charge is -2.12. The summed E-state index contributed by atoms with van der Waals surface area (Å²) in [6, 6.07) is 8.27. The summed E-state index contributed by atoms with van der Waals surface area (Å²) >= 11 is 0. The first-order chi connectivity index (χ1) is 13.4. The molecule has 4 amide bonds. The molecule has 1 saturated heterocycles. The Labute approximate surface area is 162 Å². The SMILES string of the molecule is COc1ccc(NC(=O)CN2C(=O)N/C(=C/c3ccn(C(C)C)c3)C2=O)cc1. The molecule has 2 N–H and O–H groups in total. The van der Waals surface area contributed by atoms with E-state index < -0.39 is 17.8 Å². The van der Waals surface area contributed by atoms with Crippen molar-refractivity contribution in [1.29, 1.82) is 0 Å². The van der Waals surface area contributed by atoms with Crippen LogP contribution in [0.3, 0.4) is 0 Å². The van der Waals surface area contributed by atoms with Crippen LogP contribution in [0.4, 0.5) is 10.5 Å². The number of anilines is 1. The first kappa shape index (κ1) is 19.2. The van der Waals surface area contributed by atoms with Gasteiger partial charge in [-0.25, -0.2) is 9.69 Å². The van der Waals surface area contributed by atoms with Crippen molar-refractivity contribution in [2.45, 2.75) is 19.9 Å². The van der Waals surface area contributed by atoms with Gasteiger partial charge < -0.3 is 19.9 Å². The summed E-state index contributed by atoms with van der Waals surface area (Å²) in [4.78, 5) is 37.7. The summed E-state index contributed by atoms with van der Waals surface area (Å²) < 4.78 is 7.05. The molecule has 1 aliphatic heterocycles. The standard InChI is InChI=1S/C20H22N4O4/c1-13(2)23-9-8-14(11-23)10-17-19(26)24(20(27)22-17)12-18(25)21-15-4-6-16(28-3)7-5-15/h4-11,13H,12H2,1-3H3,(H,21,25)(H,22,27)/b17-10+. The summed E-state index contributed by atoms with van der Waals surface area (Å²) in [5.74, 6) is -0.346. The molecule has 0 saturated carbocycles. The molecule has 3 rings (SSSR count). The monoisotopic (exact) mass is 382 g/mol. The molecule has 8 nitrogen and oxygen atoms in total. The van der Waals surface area contributed by atoms with E-state index in [-0.39, 0.29) is 12.2 Å². The van der Waals surface area contributed by atoms with Crippen molar-refractivity contribution in [3.63, 3.8) is 0 Å². The minimum atomic E-state index is -0.621. The van der Waals surface area contributed by atoms with Crippen molar-refractivity contribution in [3.8, 4) is 5.75 Å². The van der Waals surface area contributed by atoms with Gasteiger partial charge in [0.15, 0.2) is 0 Å². The lowest BCUT2D eigenvalue weighted by atomic mass is 10.2. The zero-order chi connectivity index (χ0) is 20.3. The van der Waals surface area contributed by atoms with Crippen LogP contribution in [-0.4, -0.2) is 41.0 Å². The third kappa shape index (κ3) is 4.22. The lowest BCUT2D eigenvalue weighted by Crippen LogP contribution is -2.38. The number of aromatic nitrogens is 1. The maximum absolute atomic E-state index is 12.5. The van der Waals surface area contributed by atoms with E-state index in [2.05, 4.69) is 10.6 Å². The number of carbonyl (C=O) groups is 3. The lowest BCUT2D eigenvalue weighted by molar-refractivity contribution is -0.127. The Morgan fingerprint density at radius 1 is 1.21 bits per heavy atom. The Balaban J connectivity index is 1.65. The van der Waals surface area contributed by atoms with Crippen molar-refractivity contribution in [1.82, 2.24) is 14.8 Å². The van der Waals surface area contributed by atoms with E-state index in [4.69, 9.17) is 4.74 Å². The number of urea groups is 1. The van der Waals surface area contributed by atoms with E-state index in [0.29, 0.717) is 17.5 Å². The highest BCUT2D eigenvalue weighted by Crippen LogP contribution is 2.17. The molecule has 146 valence electrons. The van der Waals surface area contributed by atoms with Crippen molar-refractivity contribution in [3.05, 3.63) is 54.0 Å². The third-order valence-corrected chi connectivity index (χ3v) is 4.28. The predicted octanol–water partition coefficient (Wildman–Crippen LogP) is 2.61. The number of hydrogen-bond donors (Lipinski definition) is 2. The van der Waals surface area contributed by atoms with Crippen molar-refractivity contribution in [2.24, 2.45) is 0 Å². The van der Waals surface area contributed by atoms with Gasteiger partial charge in [-0.05, 0) is 55.8 Å². The molecule has 1 aromatic heterocycles. The fraction of sp³-hybridized carbons (Fsp3) is 0.250. The van der Waals surface area contributed by atoms with Crippen LogP contribution in [0.5, 0.6) is 5.75 Å². The van der Waals surface area contributed by atoms with Gasteiger partial charge in [-0.3, -0.25) is 9.59 Å². The molecule has 0 radical (unpaired) electrons. The van der Waals surface area contributed by atoms with Crippen molar-refractivity contribution < 1.29 is 19.1 Å². The van der Waals surface area contributed by atoms with Gasteiger partial charge in [0.05, 0.1) is 7.11 Å². The summed E-state index contributed by atoms with van der Waals surface area (Å²) in [6.45, 7) is 3.71. The number of carbonyl (C=O) groups excluding carboxylic acids is 3. The molecule has 28 heavy (non-hydrogen) atoms. The molecule has 0 aliphatic carbocycles. The third-order valence-electron chi connectivity index (χ3n) is 4.28. The number of nitrogens with one attached hydrogen (secondary N) is 2. The second kappa shape index (κ2) is 7.99. The number of hydrogen-bond acceptors (Lipinski definition) is 4. The molecule has 1 aliphatic rings. The van der Waals surface area contributed by atoms with Gasteiger partial charge in [0.25, 0.3) is 5.91 Å². The number of ether oxygens (including phenoxy) is 1. The highest BCUT2D eigenvalue weighted by Gasteiger charge is 2.34. The Kier molecular flexibility index (Phi) is 5.49. The van der Waals surface area contributed by atoms with Gasteiger partial charge in [0.1, 0.15) is 18.0 Å². The highest BCUT2D eigenvalue weighted by molar-refractivity contribution is 6.15. The molecule has 0 atom stereocenters. The van der Waals surface area contributed by atoms with Crippen LogP contribution in [-0.2, 0) is 9.59 Å². The summed E-state index contributed by atoms with van der Waals surface area (Å²) in [6.07, 6.45) is 5.38. The van der Waals surface area contributed by atoms with E-state index in [1.54, 1.807) is 37.5 Å². The molecule has 0 bridgehead atoms. The topological polar surface area (TPSA) is 92.7 Å².